The molecule has 0 amide bonds. The predicted octanol–water partition coefficient (Wildman–Crippen LogP) is -0.127. The summed E-state index contributed by atoms with van der Waals surface area (Å²) < 4.78 is 48.9. The predicted molar refractivity (Wildman–Crippen MR) is 62.3 cm³/mol. The van der Waals surface area contributed by atoms with Crippen molar-refractivity contribution in [2.24, 2.45) is 10.9 Å². The third-order valence-corrected chi connectivity index (χ3v) is 2.97. The van der Waals surface area contributed by atoms with E-state index in [2.05, 4.69) is 0 Å². The molecule has 0 saturated heterocycles. The Bertz CT molecular complexity index is 628. The minimum absolute atomic E-state index is 0.0495. The Labute approximate surface area is 104 Å². The molecule has 17 heavy (non-hydrogen) atoms. The molecule has 0 aliphatic rings. The smallest absolute Gasteiger partial charge is 0.241 e. The van der Waals surface area contributed by atoms with Gasteiger partial charge in [-0.1, -0.05) is 0 Å². The van der Waals surface area contributed by atoms with Crippen LogP contribution in [-0.4, -0.2) is 27.4 Å². The summed E-state index contributed by atoms with van der Waals surface area (Å²) in [5.74, 6) is -0.955. The van der Waals surface area contributed by atoms with Gasteiger partial charge >= 0.3 is 0 Å². The Morgan fingerprint density at radius 3 is 2.65 bits per heavy atom. The van der Waals surface area contributed by atoms with Gasteiger partial charge in [0.25, 0.3) is 0 Å². The molecular formula is C10H14N2O4S. The van der Waals surface area contributed by atoms with E-state index in [1.165, 1.54) is 19.2 Å². The van der Waals surface area contributed by atoms with E-state index >= 15 is 0 Å². The van der Waals surface area contributed by atoms with Crippen LogP contribution in [0.5, 0.6) is 5.75 Å². The third-order valence-electron chi connectivity index (χ3n) is 2.04. The molecule has 1 aromatic carbocycles. The lowest BCUT2D eigenvalue weighted by Gasteiger charge is -2.09. The van der Waals surface area contributed by atoms with E-state index in [1.54, 1.807) is 0 Å². The van der Waals surface area contributed by atoms with Gasteiger partial charge in [0, 0.05) is 9.68 Å². The van der Waals surface area contributed by atoms with Crippen LogP contribution in [0.4, 0.5) is 0 Å². The second kappa shape index (κ2) is 4.82. The fourth-order valence-electron chi connectivity index (χ4n) is 1.23. The van der Waals surface area contributed by atoms with Crippen molar-refractivity contribution in [3.8, 4) is 5.75 Å². The summed E-state index contributed by atoms with van der Waals surface area (Å²) in [6.07, 6.45) is 0. The number of ether oxygens (including phenoxy) is 1. The molecule has 0 saturated carbocycles. The number of sulfonamides is 1. The molecule has 4 N–H and O–H groups in total. The lowest BCUT2D eigenvalue weighted by atomic mass is 10.1. The number of methoxy groups -OCH3 is 1. The number of ketones is 1. The number of Topliss-reactive ketones (excluding diaryl/α,β-unsaturated/α-hetero) is 1. The van der Waals surface area contributed by atoms with E-state index in [9.17, 15) is 13.2 Å². The van der Waals surface area contributed by atoms with Crippen molar-refractivity contribution in [2.75, 3.05) is 7.11 Å². The first-order valence-corrected chi connectivity index (χ1v) is 6.03. The standard InChI is InChI=1S/C10H14N2O4S/c1-6(11)10(13)7-3-4-8(16-2)9(5-7)17(12,14)15/h3-6H,11H2,1-2H3,(H2,12,14,15)/i1D3. The van der Waals surface area contributed by atoms with E-state index < -0.39 is 33.6 Å². The van der Waals surface area contributed by atoms with Crippen molar-refractivity contribution < 1.29 is 22.1 Å². The Hall–Kier alpha value is -1.44. The third kappa shape index (κ3) is 3.02. The van der Waals surface area contributed by atoms with Gasteiger partial charge in [0.05, 0.1) is 13.2 Å². The first-order valence-electron chi connectivity index (χ1n) is 5.99. The second-order valence-corrected chi connectivity index (χ2v) is 4.78. The van der Waals surface area contributed by atoms with Gasteiger partial charge < -0.3 is 10.5 Å². The maximum Gasteiger partial charge on any atom is 0.241 e. The van der Waals surface area contributed by atoms with E-state index in [4.69, 9.17) is 19.7 Å². The van der Waals surface area contributed by atoms with Crippen molar-refractivity contribution in [3.63, 3.8) is 0 Å². The summed E-state index contributed by atoms with van der Waals surface area (Å²) in [6.45, 7) is -2.68. The van der Waals surface area contributed by atoms with Gasteiger partial charge in [-0.05, 0) is 25.1 Å². The van der Waals surface area contributed by atoms with Crippen molar-refractivity contribution in [1.82, 2.24) is 0 Å². The summed E-state index contributed by atoms with van der Waals surface area (Å²) in [5.41, 5.74) is 5.16. The van der Waals surface area contributed by atoms with Gasteiger partial charge in [-0.2, -0.15) is 0 Å². The Morgan fingerprint density at radius 2 is 2.18 bits per heavy atom. The summed E-state index contributed by atoms with van der Waals surface area (Å²) in [7, 11) is -2.89. The van der Waals surface area contributed by atoms with Crippen LogP contribution in [0.3, 0.4) is 0 Å². The number of primary sulfonamides is 1. The van der Waals surface area contributed by atoms with Crippen molar-refractivity contribution in [2.45, 2.75) is 17.8 Å². The maximum atomic E-state index is 11.9. The van der Waals surface area contributed by atoms with Crippen molar-refractivity contribution >= 4 is 15.8 Å². The van der Waals surface area contributed by atoms with Crippen LogP contribution in [0.2, 0.25) is 0 Å². The number of carbonyl (C=O) groups excluding carboxylic acids is 1. The Kier molecular flexibility index (Phi) is 2.72. The zero-order valence-corrected chi connectivity index (χ0v) is 9.82. The highest BCUT2D eigenvalue weighted by molar-refractivity contribution is 7.89. The lowest BCUT2D eigenvalue weighted by molar-refractivity contribution is 0.0967. The molecular weight excluding hydrogens is 244 g/mol. The van der Waals surface area contributed by atoms with Gasteiger partial charge in [-0.25, -0.2) is 13.6 Å². The fraction of sp³-hybridized carbons (Fsp3) is 0.300. The van der Waals surface area contributed by atoms with Crippen LogP contribution < -0.4 is 15.6 Å². The van der Waals surface area contributed by atoms with E-state index in [1.807, 2.05) is 0 Å². The van der Waals surface area contributed by atoms with Crippen LogP contribution >= 0.6 is 0 Å². The largest absolute Gasteiger partial charge is 0.495 e. The summed E-state index contributed by atoms with van der Waals surface area (Å²) >= 11 is 0. The van der Waals surface area contributed by atoms with Gasteiger partial charge in [0.2, 0.25) is 10.0 Å². The highest BCUT2D eigenvalue weighted by Gasteiger charge is 2.19. The number of carbonyl (C=O) groups is 1. The van der Waals surface area contributed by atoms with Crippen LogP contribution in [0, 0.1) is 0 Å². The maximum absolute atomic E-state index is 11.9. The minimum atomic E-state index is -4.12. The van der Waals surface area contributed by atoms with Crippen LogP contribution in [0.1, 0.15) is 21.3 Å². The molecule has 6 nitrogen and oxygen atoms in total. The molecule has 0 radical (unpaired) electrons. The molecule has 94 valence electrons. The Morgan fingerprint density at radius 1 is 1.53 bits per heavy atom. The number of benzene rings is 1. The topological polar surface area (TPSA) is 112 Å². The molecule has 1 rings (SSSR count). The molecule has 0 aliphatic carbocycles. The number of hydrogen-bond donors (Lipinski definition) is 2. The molecule has 0 spiro atoms. The monoisotopic (exact) mass is 261 g/mol. The molecule has 1 atom stereocenters. The van der Waals surface area contributed by atoms with Gasteiger partial charge in [0.1, 0.15) is 10.6 Å². The molecule has 0 heterocycles. The number of hydrogen-bond acceptors (Lipinski definition) is 5. The average molecular weight is 261 g/mol. The number of nitrogens with two attached hydrogens (primary N) is 2. The molecule has 1 aromatic rings. The van der Waals surface area contributed by atoms with E-state index in [0.29, 0.717) is 0 Å². The minimum Gasteiger partial charge on any atom is -0.495 e. The molecule has 0 bridgehead atoms. The number of rotatable bonds is 4. The Balaban J connectivity index is 3.33. The van der Waals surface area contributed by atoms with E-state index in [0.717, 1.165) is 6.07 Å². The lowest BCUT2D eigenvalue weighted by Crippen LogP contribution is -2.27. The van der Waals surface area contributed by atoms with Crippen molar-refractivity contribution in [3.05, 3.63) is 23.8 Å². The van der Waals surface area contributed by atoms with E-state index in [-0.39, 0.29) is 11.3 Å². The summed E-state index contributed by atoms with van der Waals surface area (Å²) in [4.78, 5) is 11.5. The highest BCUT2D eigenvalue weighted by atomic mass is 32.2. The van der Waals surface area contributed by atoms with Crippen LogP contribution in [0.15, 0.2) is 23.1 Å². The average Bonchev–Trinajstić information content (AvgIpc) is 2.34. The molecule has 7 heteroatoms. The van der Waals surface area contributed by atoms with Gasteiger partial charge in [-0.3, -0.25) is 4.79 Å². The SMILES string of the molecule is [2H]C([2H])([2H])C(N)C(=O)c1ccc(OC)c(S(N)(=O)=O)c1. The van der Waals surface area contributed by atoms with Crippen LogP contribution in [0.25, 0.3) is 0 Å². The molecule has 0 aliphatic heterocycles. The first-order chi connectivity index (χ1) is 8.98. The fourth-order valence-corrected chi connectivity index (χ4v) is 1.95. The second-order valence-electron chi connectivity index (χ2n) is 3.25. The normalized spacial score (nSPS) is 16.5. The molecule has 0 fully saturated rings. The zero-order valence-electron chi connectivity index (χ0n) is 12.0. The first kappa shape index (κ1) is 9.58. The highest BCUT2D eigenvalue weighted by Crippen LogP contribution is 2.24. The summed E-state index contributed by atoms with van der Waals surface area (Å²) in [5, 5.41) is 5.00. The van der Waals surface area contributed by atoms with Gasteiger partial charge in [0.15, 0.2) is 5.78 Å². The quantitative estimate of drug-likeness (QED) is 0.733. The van der Waals surface area contributed by atoms with Crippen LogP contribution in [-0.2, 0) is 10.0 Å². The molecule has 0 aromatic heterocycles. The molecule has 1 unspecified atom stereocenters. The summed E-state index contributed by atoms with van der Waals surface area (Å²) in [6, 6.07) is 1.63. The van der Waals surface area contributed by atoms with Gasteiger partial charge in [-0.15, -0.1) is 0 Å². The van der Waals surface area contributed by atoms with Crippen molar-refractivity contribution in [1.29, 1.82) is 0 Å². The zero-order chi connectivity index (χ0) is 15.7.